The summed E-state index contributed by atoms with van der Waals surface area (Å²) in [6.45, 7) is 8.70. The molecule has 1 aliphatic rings. The minimum absolute atomic E-state index is 0.235. The Morgan fingerprint density at radius 1 is 1.48 bits per heavy atom. The lowest BCUT2D eigenvalue weighted by Crippen LogP contribution is -2.44. The van der Waals surface area contributed by atoms with E-state index in [4.69, 9.17) is 9.72 Å². The number of nitrogens with zero attached hydrogens (tertiary/aromatic N) is 3. The van der Waals surface area contributed by atoms with Gasteiger partial charge < -0.3 is 20.3 Å². The molecule has 1 aliphatic heterocycles. The molecule has 7 heteroatoms. The molecule has 23 heavy (non-hydrogen) atoms. The number of aromatic nitrogens is 1. The van der Waals surface area contributed by atoms with Crippen molar-refractivity contribution in [1.82, 2.24) is 15.6 Å². The standard InChI is InChI=1S/C16H29N5OS/c1-4-17-15(19-13(2)11-22-3)18-8-7-14-12-23-16(20-14)21-9-5-6-10-21/h12-13H,4-11H2,1-3H3,(H2,17,18,19). The molecule has 0 radical (unpaired) electrons. The second-order valence-corrected chi connectivity index (χ2v) is 6.66. The summed E-state index contributed by atoms with van der Waals surface area (Å²) in [4.78, 5) is 11.8. The van der Waals surface area contributed by atoms with Crippen LogP contribution in [0.4, 0.5) is 5.13 Å². The zero-order chi connectivity index (χ0) is 16.5. The van der Waals surface area contributed by atoms with E-state index in [0.29, 0.717) is 6.61 Å². The Balaban J connectivity index is 1.82. The largest absolute Gasteiger partial charge is 0.383 e. The van der Waals surface area contributed by atoms with Gasteiger partial charge in [-0.15, -0.1) is 11.3 Å². The molecule has 0 amide bonds. The lowest BCUT2D eigenvalue weighted by molar-refractivity contribution is 0.179. The summed E-state index contributed by atoms with van der Waals surface area (Å²) in [6.07, 6.45) is 3.45. The second kappa shape index (κ2) is 9.72. The van der Waals surface area contributed by atoms with E-state index in [-0.39, 0.29) is 6.04 Å². The van der Waals surface area contributed by atoms with E-state index in [2.05, 4.69) is 39.8 Å². The molecule has 2 N–H and O–H groups in total. The molecule has 0 aromatic carbocycles. The summed E-state index contributed by atoms with van der Waals surface area (Å²) in [5, 5.41) is 9.94. The average Bonchev–Trinajstić information content (AvgIpc) is 3.18. The Bertz CT molecular complexity index is 485. The highest BCUT2D eigenvalue weighted by Crippen LogP contribution is 2.24. The molecule has 0 bridgehead atoms. The predicted octanol–water partition coefficient (Wildman–Crippen LogP) is 1.88. The summed E-state index contributed by atoms with van der Waals surface area (Å²) in [6, 6.07) is 0.235. The van der Waals surface area contributed by atoms with Crippen LogP contribution in [0.1, 0.15) is 32.4 Å². The van der Waals surface area contributed by atoms with Gasteiger partial charge in [0, 0.05) is 51.1 Å². The third-order valence-corrected chi connectivity index (χ3v) is 4.65. The van der Waals surface area contributed by atoms with Crippen LogP contribution in [0.3, 0.4) is 0 Å². The van der Waals surface area contributed by atoms with Gasteiger partial charge in [-0.2, -0.15) is 0 Å². The average molecular weight is 340 g/mol. The fourth-order valence-corrected chi connectivity index (χ4v) is 3.51. The van der Waals surface area contributed by atoms with Gasteiger partial charge in [0.05, 0.1) is 12.3 Å². The van der Waals surface area contributed by atoms with Crippen LogP contribution < -0.4 is 15.5 Å². The molecule has 2 heterocycles. The van der Waals surface area contributed by atoms with E-state index >= 15 is 0 Å². The maximum atomic E-state index is 5.15. The molecule has 0 spiro atoms. The topological polar surface area (TPSA) is 61.8 Å². The summed E-state index contributed by atoms with van der Waals surface area (Å²) in [5.74, 6) is 0.840. The molecule has 130 valence electrons. The second-order valence-electron chi connectivity index (χ2n) is 5.83. The van der Waals surface area contributed by atoms with Crippen LogP contribution in [0.5, 0.6) is 0 Å². The van der Waals surface area contributed by atoms with E-state index in [1.165, 1.54) is 18.0 Å². The van der Waals surface area contributed by atoms with E-state index < -0.39 is 0 Å². The van der Waals surface area contributed by atoms with Crippen molar-refractivity contribution < 1.29 is 4.74 Å². The fourth-order valence-electron chi connectivity index (χ4n) is 2.59. The molecule has 6 nitrogen and oxygen atoms in total. The Morgan fingerprint density at radius 3 is 2.96 bits per heavy atom. The van der Waals surface area contributed by atoms with Gasteiger partial charge in [-0.1, -0.05) is 0 Å². The quantitative estimate of drug-likeness (QED) is 0.559. The van der Waals surface area contributed by atoms with Crippen molar-refractivity contribution in [2.24, 2.45) is 4.99 Å². The number of aliphatic imine (C=N–C) groups is 1. The molecular formula is C16H29N5OS. The minimum Gasteiger partial charge on any atom is -0.383 e. The SMILES string of the molecule is CCNC(=NCCc1csc(N2CCCC2)n1)NC(C)COC. The monoisotopic (exact) mass is 339 g/mol. The number of thiazole rings is 1. The van der Waals surface area contributed by atoms with Crippen molar-refractivity contribution in [3.63, 3.8) is 0 Å². The van der Waals surface area contributed by atoms with Crippen LogP contribution in [0.15, 0.2) is 10.4 Å². The van der Waals surface area contributed by atoms with Crippen molar-refractivity contribution in [1.29, 1.82) is 0 Å². The minimum atomic E-state index is 0.235. The maximum absolute atomic E-state index is 5.15. The van der Waals surface area contributed by atoms with Gasteiger partial charge in [0.15, 0.2) is 11.1 Å². The van der Waals surface area contributed by atoms with E-state index in [9.17, 15) is 0 Å². The molecule has 1 aromatic rings. The first-order valence-electron chi connectivity index (χ1n) is 8.46. The number of ether oxygens (including phenoxy) is 1. The molecule has 1 unspecified atom stereocenters. The number of hydrogen-bond acceptors (Lipinski definition) is 5. The van der Waals surface area contributed by atoms with E-state index in [1.54, 1.807) is 18.4 Å². The Labute approximate surface area is 143 Å². The van der Waals surface area contributed by atoms with Crippen molar-refractivity contribution in [2.45, 2.75) is 39.2 Å². The first-order valence-corrected chi connectivity index (χ1v) is 9.34. The van der Waals surface area contributed by atoms with Gasteiger partial charge in [-0.3, -0.25) is 4.99 Å². The smallest absolute Gasteiger partial charge is 0.191 e. The van der Waals surface area contributed by atoms with Crippen molar-refractivity contribution in [2.75, 3.05) is 44.8 Å². The van der Waals surface area contributed by atoms with Crippen LogP contribution >= 0.6 is 11.3 Å². The van der Waals surface area contributed by atoms with Gasteiger partial charge in [-0.05, 0) is 26.7 Å². The number of guanidine groups is 1. The molecule has 1 aromatic heterocycles. The Morgan fingerprint density at radius 2 is 2.26 bits per heavy atom. The lowest BCUT2D eigenvalue weighted by Gasteiger charge is -2.16. The molecule has 1 atom stereocenters. The van der Waals surface area contributed by atoms with E-state index in [1.807, 2.05) is 0 Å². The number of hydrogen-bond donors (Lipinski definition) is 2. The van der Waals surface area contributed by atoms with Crippen LogP contribution in [0, 0.1) is 0 Å². The van der Waals surface area contributed by atoms with Crippen LogP contribution in [0.25, 0.3) is 0 Å². The van der Waals surface area contributed by atoms with Crippen LogP contribution in [0.2, 0.25) is 0 Å². The first-order chi connectivity index (χ1) is 11.2. The molecule has 0 aliphatic carbocycles. The summed E-state index contributed by atoms with van der Waals surface area (Å²) in [7, 11) is 1.71. The summed E-state index contributed by atoms with van der Waals surface area (Å²) in [5.41, 5.74) is 1.14. The molecular weight excluding hydrogens is 310 g/mol. The highest BCUT2D eigenvalue weighted by atomic mass is 32.1. The first kappa shape index (κ1) is 18.0. The summed E-state index contributed by atoms with van der Waals surface area (Å²) < 4.78 is 5.15. The number of anilines is 1. The molecule has 2 rings (SSSR count). The number of methoxy groups -OCH3 is 1. The highest BCUT2D eigenvalue weighted by molar-refractivity contribution is 7.13. The van der Waals surface area contributed by atoms with Gasteiger partial charge in [-0.25, -0.2) is 4.98 Å². The molecule has 1 fully saturated rings. The normalized spacial score (nSPS) is 16.7. The van der Waals surface area contributed by atoms with Crippen LogP contribution in [-0.2, 0) is 11.2 Å². The zero-order valence-corrected chi connectivity index (χ0v) is 15.3. The number of rotatable bonds is 8. The molecule has 0 saturated carbocycles. The third kappa shape index (κ3) is 5.99. The lowest BCUT2D eigenvalue weighted by atomic mass is 10.3. The van der Waals surface area contributed by atoms with E-state index in [0.717, 1.165) is 44.3 Å². The van der Waals surface area contributed by atoms with Crippen molar-refractivity contribution in [3.05, 3.63) is 11.1 Å². The Kier molecular flexibility index (Phi) is 7.61. The zero-order valence-electron chi connectivity index (χ0n) is 14.5. The molecule has 1 saturated heterocycles. The fraction of sp³-hybridized carbons (Fsp3) is 0.750. The van der Waals surface area contributed by atoms with Crippen molar-refractivity contribution >= 4 is 22.4 Å². The highest BCUT2D eigenvalue weighted by Gasteiger charge is 2.15. The van der Waals surface area contributed by atoms with Crippen molar-refractivity contribution in [3.8, 4) is 0 Å². The van der Waals surface area contributed by atoms with Crippen LogP contribution in [-0.4, -0.2) is 56.9 Å². The third-order valence-electron chi connectivity index (χ3n) is 3.70. The maximum Gasteiger partial charge on any atom is 0.191 e. The van der Waals surface area contributed by atoms with Gasteiger partial charge in [0.25, 0.3) is 0 Å². The predicted molar refractivity (Wildman–Crippen MR) is 97.7 cm³/mol. The summed E-state index contributed by atoms with van der Waals surface area (Å²) >= 11 is 1.75. The number of nitrogens with one attached hydrogen (secondary N) is 2. The van der Waals surface area contributed by atoms with Gasteiger partial charge in [0.2, 0.25) is 0 Å². The van der Waals surface area contributed by atoms with Gasteiger partial charge in [0.1, 0.15) is 0 Å². The van der Waals surface area contributed by atoms with Gasteiger partial charge >= 0.3 is 0 Å². The Hall–Kier alpha value is -1.34.